The lowest BCUT2D eigenvalue weighted by Crippen LogP contribution is -2.24. The van der Waals surface area contributed by atoms with E-state index in [2.05, 4.69) is 29.6 Å². The van der Waals surface area contributed by atoms with Crippen LogP contribution in [-0.4, -0.2) is 6.54 Å². The average molecular weight is 185 g/mol. The van der Waals surface area contributed by atoms with Crippen molar-refractivity contribution in [2.45, 2.75) is 25.7 Å². The highest BCUT2D eigenvalue weighted by molar-refractivity contribution is 5.73. The molecule has 3 rings (SSSR count). The van der Waals surface area contributed by atoms with Crippen LogP contribution in [0.15, 0.2) is 30.0 Å². The zero-order valence-electron chi connectivity index (χ0n) is 8.34. The number of rotatable bonds is 0. The molecule has 1 N–H and O–H groups in total. The lowest BCUT2D eigenvalue weighted by Gasteiger charge is -2.28. The number of hydrogen-bond acceptors (Lipinski definition) is 1. The molecule has 1 aromatic rings. The average Bonchev–Trinajstić information content (AvgIpc) is 2.29. The fourth-order valence-corrected chi connectivity index (χ4v) is 2.59. The molecule has 1 aromatic carbocycles. The minimum Gasteiger partial charge on any atom is -0.388 e. The first-order chi connectivity index (χ1) is 6.95. The first-order valence-electron chi connectivity index (χ1n) is 5.49. The Bertz CT molecular complexity index is 390. The molecule has 0 saturated heterocycles. The van der Waals surface area contributed by atoms with Crippen LogP contribution in [0, 0.1) is 0 Å². The summed E-state index contributed by atoms with van der Waals surface area (Å²) in [6.45, 7) is 1.17. The SMILES string of the molecule is c1ccc2c(c1)CCC1=C2CCCN1. The second-order valence-corrected chi connectivity index (χ2v) is 4.14. The summed E-state index contributed by atoms with van der Waals surface area (Å²) in [6, 6.07) is 8.86. The van der Waals surface area contributed by atoms with Crippen molar-refractivity contribution in [3.8, 4) is 0 Å². The van der Waals surface area contributed by atoms with E-state index < -0.39 is 0 Å². The van der Waals surface area contributed by atoms with Crippen molar-refractivity contribution in [2.75, 3.05) is 6.54 Å². The highest BCUT2D eigenvalue weighted by Gasteiger charge is 2.20. The van der Waals surface area contributed by atoms with E-state index in [1.54, 1.807) is 5.57 Å². The fraction of sp³-hybridized carbons (Fsp3) is 0.385. The van der Waals surface area contributed by atoms with Gasteiger partial charge in [-0.05, 0) is 42.4 Å². The third kappa shape index (κ3) is 1.16. The largest absolute Gasteiger partial charge is 0.388 e. The molecular formula is C13H15N. The van der Waals surface area contributed by atoms with Crippen molar-refractivity contribution in [1.29, 1.82) is 0 Å². The van der Waals surface area contributed by atoms with Crippen LogP contribution >= 0.6 is 0 Å². The van der Waals surface area contributed by atoms with Gasteiger partial charge in [0.25, 0.3) is 0 Å². The lowest BCUT2D eigenvalue weighted by molar-refractivity contribution is 0.657. The van der Waals surface area contributed by atoms with E-state index in [0.717, 1.165) is 0 Å². The Kier molecular flexibility index (Phi) is 1.83. The van der Waals surface area contributed by atoms with Gasteiger partial charge in [0.2, 0.25) is 0 Å². The Hall–Kier alpha value is -1.24. The van der Waals surface area contributed by atoms with Gasteiger partial charge in [-0.15, -0.1) is 0 Å². The first kappa shape index (κ1) is 8.10. The van der Waals surface area contributed by atoms with Gasteiger partial charge in [0.15, 0.2) is 0 Å². The van der Waals surface area contributed by atoms with E-state index in [4.69, 9.17) is 0 Å². The molecule has 0 bridgehead atoms. The predicted molar refractivity (Wildman–Crippen MR) is 58.9 cm³/mol. The number of aryl methyl sites for hydroxylation is 1. The summed E-state index contributed by atoms with van der Waals surface area (Å²) < 4.78 is 0. The Morgan fingerprint density at radius 3 is 2.93 bits per heavy atom. The normalized spacial score (nSPS) is 19.7. The standard InChI is InChI=1S/C13H15N/c1-2-5-11-10(4-1)7-8-13-12(11)6-3-9-14-13/h1-2,4-5,14H,3,6-9H2. The van der Waals surface area contributed by atoms with Crippen LogP contribution in [0.25, 0.3) is 5.57 Å². The van der Waals surface area contributed by atoms with Crippen molar-refractivity contribution in [2.24, 2.45) is 0 Å². The molecule has 2 aliphatic rings. The van der Waals surface area contributed by atoms with Crippen molar-refractivity contribution in [3.05, 3.63) is 41.1 Å². The van der Waals surface area contributed by atoms with Crippen molar-refractivity contribution in [1.82, 2.24) is 5.32 Å². The monoisotopic (exact) mass is 185 g/mol. The summed E-state index contributed by atoms with van der Waals surface area (Å²) in [6.07, 6.45) is 4.97. The zero-order valence-corrected chi connectivity index (χ0v) is 8.34. The topological polar surface area (TPSA) is 12.0 Å². The van der Waals surface area contributed by atoms with Crippen LogP contribution in [0.2, 0.25) is 0 Å². The molecule has 1 aliphatic carbocycles. The summed E-state index contributed by atoms with van der Waals surface area (Å²) in [5.74, 6) is 0. The number of allylic oxidation sites excluding steroid dienone is 2. The van der Waals surface area contributed by atoms with E-state index in [1.807, 2.05) is 0 Å². The van der Waals surface area contributed by atoms with Gasteiger partial charge in [-0.2, -0.15) is 0 Å². The second kappa shape index (κ2) is 3.16. The van der Waals surface area contributed by atoms with Crippen molar-refractivity contribution < 1.29 is 0 Å². The third-order valence-corrected chi connectivity index (χ3v) is 3.29. The maximum absolute atomic E-state index is 3.54. The maximum Gasteiger partial charge on any atom is 0.0149 e. The highest BCUT2D eigenvalue weighted by Crippen LogP contribution is 2.34. The quantitative estimate of drug-likeness (QED) is 0.655. The fourth-order valence-electron chi connectivity index (χ4n) is 2.59. The zero-order chi connectivity index (χ0) is 9.38. The van der Waals surface area contributed by atoms with Crippen LogP contribution in [0.4, 0.5) is 0 Å². The maximum atomic E-state index is 3.54. The molecule has 0 saturated carbocycles. The summed E-state index contributed by atoms with van der Waals surface area (Å²) in [7, 11) is 0. The van der Waals surface area contributed by atoms with E-state index in [9.17, 15) is 0 Å². The Balaban J connectivity index is 2.13. The van der Waals surface area contributed by atoms with Gasteiger partial charge in [0.1, 0.15) is 0 Å². The summed E-state index contributed by atoms with van der Waals surface area (Å²) in [4.78, 5) is 0. The van der Waals surface area contributed by atoms with Crippen LogP contribution in [0.5, 0.6) is 0 Å². The van der Waals surface area contributed by atoms with Crippen LogP contribution in [-0.2, 0) is 6.42 Å². The molecule has 0 spiro atoms. The minimum absolute atomic E-state index is 1.17. The molecule has 0 unspecified atom stereocenters. The van der Waals surface area contributed by atoms with Gasteiger partial charge in [0, 0.05) is 12.2 Å². The third-order valence-electron chi connectivity index (χ3n) is 3.29. The van der Waals surface area contributed by atoms with Gasteiger partial charge < -0.3 is 5.32 Å². The molecule has 0 fully saturated rings. The molecule has 0 aromatic heterocycles. The Labute approximate surface area is 84.8 Å². The Morgan fingerprint density at radius 2 is 1.93 bits per heavy atom. The van der Waals surface area contributed by atoms with Gasteiger partial charge >= 0.3 is 0 Å². The summed E-state index contributed by atoms with van der Waals surface area (Å²) >= 11 is 0. The van der Waals surface area contributed by atoms with Gasteiger partial charge in [0.05, 0.1) is 0 Å². The van der Waals surface area contributed by atoms with E-state index in [1.165, 1.54) is 49.1 Å². The predicted octanol–water partition coefficient (Wildman–Crippen LogP) is 2.73. The summed E-state index contributed by atoms with van der Waals surface area (Å²) in [5.41, 5.74) is 6.13. The first-order valence-corrected chi connectivity index (χ1v) is 5.49. The van der Waals surface area contributed by atoms with Crippen LogP contribution in [0.3, 0.4) is 0 Å². The van der Waals surface area contributed by atoms with Crippen LogP contribution in [0.1, 0.15) is 30.4 Å². The molecule has 1 aliphatic heterocycles. The highest BCUT2D eigenvalue weighted by atomic mass is 14.9. The number of hydrogen-bond donors (Lipinski definition) is 1. The lowest BCUT2D eigenvalue weighted by atomic mass is 9.85. The van der Waals surface area contributed by atoms with Crippen LogP contribution < -0.4 is 5.32 Å². The number of fused-ring (bicyclic) bond motifs is 2. The number of nitrogens with one attached hydrogen (secondary N) is 1. The molecule has 1 heteroatoms. The van der Waals surface area contributed by atoms with Gasteiger partial charge in [-0.25, -0.2) is 0 Å². The molecule has 72 valence electrons. The smallest absolute Gasteiger partial charge is 0.0149 e. The van der Waals surface area contributed by atoms with E-state index in [0.29, 0.717) is 0 Å². The molecule has 14 heavy (non-hydrogen) atoms. The van der Waals surface area contributed by atoms with Gasteiger partial charge in [-0.1, -0.05) is 24.3 Å². The van der Waals surface area contributed by atoms with E-state index in [-0.39, 0.29) is 0 Å². The molecular weight excluding hydrogens is 170 g/mol. The van der Waals surface area contributed by atoms with Gasteiger partial charge in [-0.3, -0.25) is 0 Å². The molecule has 1 heterocycles. The molecule has 0 amide bonds. The van der Waals surface area contributed by atoms with Crippen molar-refractivity contribution in [3.63, 3.8) is 0 Å². The minimum atomic E-state index is 1.17. The summed E-state index contributed by atoms with van der Waals surface area (Å²) in [5, 5.41) is 3.54. The molecule has 0 radical (unpaired) electrons. The second-order valence-electron chi connectivity index (χ2n) is 4.14. The molecule has 1 nitrogen and oxygen atoms in total. The Morgan fingerprint density at radius 1 is 1.00 bits per heavy atom. The van der Waals surface area contributed by atoms with Crippen molar-refractivity contribution >= 4 is 5.57 Å². The number of benzene rings is 1. The van der Waals surface area contributed by atoms with E-state index >= 15 is 0 Å². The molecule has 0 atom stereocenters.